The minimum atomic E-state index is -3.97. The second-order valence-corrected chi connectivity index (χ2v) is 8.68. The van der Waals surface area contributed by atoms with Crippen molar-refractivity contribution >= 4 is 38.5 Å². The van der Waals surface area contributed by atoms with Gasteiger partial charge in [0.1, 0.15) is 0 Å². The van der Waals surface area contributed by atoms with E-state index in [9.17, 15) is 8.42 Å². The van der Waals surface area contributed by atoms with E-state index in [-0.39, 0.29) is 12.6 Å². The normalized spacial score (nSPS) is 13.2. The predicted octanol–water partition coefficient (Wildman–Crippen LogP) is 3.43. The first-order chi connectivity index (χ1) is 13.7. The van der Waals surface area contributed by atoms with Crippen LogP contribution >= 0.6 is 11.6 Å². The molecule has 0 bridgehead atoms. The lowest BCUT2D eigenvalue weighted by atomic mass is 10.1. The Bertz CT molecular complexity index is 890. The fourth-order valence-corrected chi connectivity index (χ4v) is 3.97. The van der Waals surface area contributed by atoms with E-state index in [1.165, 1.54) is 0 Å². The number of hydrogen-bond donors (Lipinski definition) is 1. The number of halogens is 1. The number of hydrogen-bond acceptors (Lipinski definition) is 6. The van der Waals surface area contributed by atoms with Crippen molar-refractivity contribution in [1.82, 2.24) is 9.88 Å². The van der Waals surface area contributed by atoms with Crippen molar-refractivity contribution in [3.8, 4) is 0 Å². The zero-order chi connectivity index (χ0) is 21.4. The molecule has 2 rings (SSSR count). The molecule has 0 amide bonds. The molecule has 1 aromatic heterocycles. The molecule has 0 aliphatic heterocycles. The Hall–Kier alpha value is -1.45. The van der Waals surface area contributed by atoms with E-state index in [0.717, 1.165) is 49.1 Å². The second kappa shape index (κ2) is 11.1. The van der Waals surface area contributed by atoms with E-state index >= 15 is 0 Å². The summed E-state index contributed by atoms with van der Waals surface area (Å²) in [5.74, 6) is 0. The molecule has 0 aliphatic rings. The maximum absolute atomic E-state index is 11.2. The molecule has 0 spiro atoms. The van der Waals surface area contributed by atoms with Gasteiger partial charge in [-0.25, -0.2) is 5.14 Å². The monoisotopic (exact) mass is 442 g/mol. The molecule has 0 fully saturated rings. The van der Waals surface area contributed by atoms with Crippen LogP contribution in [0.3, 0.4) is 0 Å². The molecule has 1 aromatic carbocycles. The average molecular weight is 443 g/mol. The molecule has 1 atom stereocenters. The molecule has 0 saturated carbocycles. The molecule has 1 heterocycles. The highest BCUT2D eigenvalue weighted by Gasteiger charge is 2.18. The molecule has 29 heavy (non-hydrogen) atoms. The summed E-state index contributed by atoms with van der Waals surface area (Å²) < 4.78 is 27.2. The van der Waals surface area contributed by atoms with Crippen LogP contribution in [0.2, 0.25) is 5.02 Å². The summed E-state index contributed by atoms with van der Waals surface area (Å²) >= 11 is 6.11. The standard InChI is InChI=1S/C20H31ClN4O3S/c1-4-24(5-2)12-6-7-16(3)25(13-14-28-29(22,26)27)20-10-11-23-19-15-17(21)8-9-18(19)20/h8-11,15-16H,4-7,12-14H2,1-3H3,(H2,22,26,27). The van der Waals surface area contributed by atoms with Crippen LogP contribution in [0.4, 0.5) is 5.69 Å². The van der Waals surface area contributed by atoms with Crippen LogP contribution in [0.25, 0.3) is 10.9 Å². The van der Waals surface area contributed by atoms with E-state index in [0.29, 0.717) is 11.6 Å². The van der Waals surface area contributed by atoms with Crippen molar-refractivity contribution in [2.75, 3.05) is 37.7 Å². The van der Waals surface area contributed by atoms with E-state index in [1.807, 2.05) is 24.3 Å². The molecule has 0 saturated heterocycles. The largest absolute Gasteiger partial charge is 0.366 e. The number of fused-ring (bicyclic) bond motifs is 1. The van der Waals surface area contributed by atoms with Gasteiger partial charge in [-0.15, -0.1) is 0 Å². The molecule has 0 radical (unpaired) electrons. The van der Waals surface area contributed by atoms with Gasteiger partial charge in [0.05, 0.1) is 12.1 Å². The number of rotatable bonds is 12. The van der Waals surface area contributed by atoms with Gasteiger partial charge < -0.3 is 9.80 Å². The average Bonchev–Trinajstić information content (AvgIpc) is 2.67. The predicted molar refractivity (Wildman–Crippen MR) is 120 cm³/mol. The topological polar surface area (TPSA) is 88.8 Å². The molecule has 2 aromatic rings. The Labute approximate surface area is 179 Å². The molecular formula is C20H31ClN4O3S. The molecule has 1 unspecified atom stereocenters. The zero-order valence-electron chi connectivity index (χ0n) is 17.3. The Morgan fingerprint density at radius 1 is 1.21 bits per heavy atom. The maximum atomic E-state index is 11.2. The Morgan fingerprint density at radius 3 is 2.59 bits per heavy atom. The molecule has 0 aliphatic carbocycles. The number of pyridine rings is 1. The van der Waals surface area contributed by atoms with Crippen molar-refractivity contribution in [2.24, 2.45) is 5.14 Å². The number of aromatic nitrogens is 1. The molecule has 2 N–H and O–H groups in total. The van der Waals surface area contributed by atoms with Gasteiger partial charge >= 0.3 is 10.3 Å². The van der Waals surface area contributed by atoms with Gasteiger partial charge in [-0.05, 0) is 63.7 Å². The summed E-state index contributed by atoms with van der Waals surface area (Å²) in [5.41, 5.74) is 1.77. The third kappa shape index (κ3) is 7.38. The summed E-state index contributed by atoms with van der Waals surface area (Å²) in [7, 11) is -3.97. The number of benzene rings is 1. The first-order valence-corrected chi connectivity index (χ1v) is 11.8. The highest BCUT2D eigenvalue weighted by molar-refractivity contribution is 7.84. The van der Waals surface area contributed by atoms with Gasteiger partial charge in [-0.1, -0.05) is 25.4 Å². The van der Waals surface area contributed by atoms with Crippen LogP contribution in [-0.4, -0.2) is 57.1 Å². The smallest absolute Gasteiger partial charge is 0.333 e. The second-order valence-electron chi connectivity index (χ2n) is 7.02. The van der Waals surface area contributed by atoms with Gasteiger partial charge in [0, 0.05) is 34.9 Å². The first-order valence-electron chi connectivity index (χ1n) is 9.95. The molecule has 162 valence electrons. The van der Waals surface area contributed by atoms with Gasteiger partial charge in [-0.3, -0.25) is 9.17 Å². The Kier molecular flexibility index (Phi) is 9.10. The summed E-state index contributed by atoms with van der Waals surface area (Å²) in [4.78, 5) is 8.96. The SMILES string of the molecule is CCN(CC)CCCC(C)N(CCOS(N)(=O)=O)c1ccnc2cc(Cl)ccc12. The number of anilines is 1. The third-order valence-electron chi connectivity index (χ3n) is 5.09. The highest BCUT2D eigenvalue weighted by atomic mass is 35.5. The van der Waals surface area contributed by atoms with Crippen LogP contribution in [0.1, 0.15) is 33.6 Å². The Balaban J connectivity index is 2.23. The van der Waals surface area contributed by atoms with Crippen LogP contribution in [-0.2, 0) is 14.5 Å². The van der Waals surface area contributed by atoms with Crippen molar-refractivity contribution in [2.45, 2.75) is 39.7 Å². The fourth-order valence-electron chi connectivity index (χ4n) is 3.49. The minimum absolute atomic E-state index is 0.0172. The fraction of sp³-hybridized carbons (Fsp3) is 0.550. The number of nitrogens with zero attached hydrogens (tertiary/aromatic N) is 3. The van der Waals surface area contributed by atoms with E-state index in [2.05, 4.69) is 35.6 Å². The van der Waals surface area contributed by atoms with E-state index in [4.69, 9.17) is 20.9 Å². The van der Waals surface area contributed by atoms with Gasteiger partial charge in [-0.2, -0.15) is 8.42 Å². The quantitative estimate of drug-likeness (QED) is 0.541. The van der Waals surface area contributed by atoms with Crippen molar-refractivity contribution in [3.63, 3.8) is 0 Å². The van der Waals surface area contributed by atoms with Gasteiger partial charge in [0.25, 0.3) is 0 Å². The van der Waals surface area contributed by atoms with Crippen LogP contribution < -0.4 is 10.0 Å². The maximum Gasteiger partial charge on any atom is 0.333 e. The minimum Gasteiger partial charge on any atom is -0.366 e. The Morgan fingerprint density at radius 2 is 1.93 bits per heavy atom. The van der Waals surface area contributed by atoms with Gasteiger partial charge in [0.2, 0.25) is 0 Å². The first kappa shape index (κ1) is 23.8. The number of nitrogens with two attached hydrogens (primary N) is 1. The van der Waals surface area contributed by atoms with Crippen molar-refractivity contribution < 1.29 is 12.6 Å². The molecule has 7 nitrogen and oxygen atoms in total. The van der Waals surface area contributed by atoms with E-state index in [1.54, 1.807) is 6.20 Å². The lowest BCUT2D eigenvalue weighted by Crippen LogP contribution is -2.37. The molecule has 9 heteroatoms. The summed E-state index contributed by atoms with van der Waals surface area (Å²) in [6.07, 6.45) is 3.75. The summed E-state index contributed by atoms with van der Waals surface area (Å²) in [5, 5.41) is 6.57. The third-order valence-corrected chi connectivity index (χ3v) is 5.82. The lowest BCUT2D eigenvalue weighted by molar-refractivity contribution is 0.290. The highest BCUT2D eigenvalue weighted by Crippen LogP contribution is 2.29. The van der Waals surface area contributed by atoms with Crippen LogP contribution in [0, 0.1) is 0 Å². The van der Waals surface area contributed by atoms with Crippen LogP contribution in [0.5, 0.6) is 0 Å². The van der Waals surface area contributed by atoms with Crippen molar-refractivity contribution in [1.29, 1.82) is 0 Å². The molecular weight excluding hydrogens is 412 g/mol. The lowest BCUT2D eigenvalue weighted by Gasteiger charge is -2.32. The van der Waals surface area contributed by atoms with Crippen molar-refractivity contribution in [3.05, 3.63) is 35.5 Å². The summed E-state index contributed by atoms with van der Waals surface area (Å²) in [6.45, 7) is 9.95. The van der Waals surface area contributed by atoms with Crippen LogP contribution in [0.15, 0.2) is 30.5 Å². The van der Waals surface area contributed by atoms with Gasteiger partial charge in [0.15, 0.2) is 0 Å². The zero-order valence-corrected chi connectivity index (χ0v) is 18.9. The van der Waals surface area contributed by atoms with E-state index < -0.39 is 10.3 Å². The summed E-state index contributed by atoms with van der Waals surface area (Å²) in [6, 6.07) is 7.71.